The Bertz CT molecular complexity index is 1040. The number of hydrogen-bond donors (Lipinski definition) is 2. The van der Waals surface area contributed by atoms with Crippen LogP contribution >= 0.6 is 0 Å². The number of halogens is 1. The van der Waals surface area contributed by atoms with Crippen LogP contribution in [0.4, 0.5) is 10.2 Å². The normalized spacial score (nSPS) is 16.6. The molecule has 1 amide bonds. The average Bonchev–Trinajstić information content (AvgIpc) is 2.74. The van der Waals surface area contributed by atoms with Gasteiger partial charge < -0.3 is 15.7 Å². The van der Waals surface area contributed by atoms with Crippen molar-refractivity contribution < 1.29 is 14.3 Å². The lowest BCUT2D eigenvalue weighted by Gasteiger charge is -2.30. The Morgan fingerprint density at radius 2 is 1.97 bits per heavy atom. The van der Waals surface area contributed by atoms with Crippen LogP contribution in [0.25, 0.3) is 22.4 Å². The average molecular weight is 392 g/mol. The third-order valence-electron chi connectivity index (χ3n) is 5.07. The van der Waals surface area contributed by atoms with E-state index >= 15 is 0 Å². The van der Waals surface area contributed by atoms with Crippen molar-refractivity contribution in [3.05, 3.63) is 66.2 Å². The fraction of sp³-hybridized carbons (Fsp3) is 0.227. The fourth-order valence-electron chi connectivity index (χ4n) is 3.60. The van der Waals surface area contributed by atoms with Crippen molar-refractivity contribution >= 4 is 11.7 Å². The minimum atomic E-state index is -0.502. The zero-order valence-corrected chi connectivity index (χ0v) is 15.8. The van der Waals surface area contributed by atoms with Gasteiger partial charge in [-0.25, -0.2) is 9.37 Å². The molecular weight excluding hydrogens is 371 g/mol. The van der Waals surface area contributed by atoms with Crippen molar-refractivity contribution in [1.82, 2.24) is 14.9 Å². The number of piperidine rings is 1. The number of hydrogen-bond acceptors (Lipinski definition) is 5. The molecule has 1 fully saturated rings. The van der Waals surface area contributed by atoms with Crippen LogP contribution in [-0.4, -0.2) is 45.1 Å². The summed E-state index contributed by atoms with van der Waals surface area (Å²) in [6, 6.07) is 11.9. The number of anilines is 1. The van der Waals surface area contributed by atoms with E-state index in [1.807, 2.05) is 6.07 Å². The van der Waals surface area contributed by atoms with Gasteiger partial charge in [-0.1, -0.05) is 24.3 Å². The number of amides is 1. The third kappa shape index (κ3) is 3.95. The lowest BCUT2D eigenvalue weighted by atomic mass is 9.96. The second-order valence-corrected chi connectivity index (χ2v) is 7.11. The number of benzene rings is 2. The highest BCUT2D eigenvalue weighted by molar-refractivity contribution is 6.01. The quantitative estimate of drug-likeness (QED) is 0.714. The second kappa shape index (κ2) is 7.97. The largest absolute Gasteiger partial charge is 0.391 e. The molecule has 148 valence electrons. The molecule has 3 N–H and O–H groups in total. The van der Waals surface area contributed by atoms with Crippen LogP contribution in [-0.2, 0) is 0 Å². The van der Waals surface area contributed by atoms with E-state index in [-0.39, 0.29) is 11.7 Å². The predicted octanol–water partition coefficient (Wildman–Crippen LogP) is 3.13. The zero-order valence-electron chi connectivity index (χ0n) is 15.8. The maximum absolute atomic E-state index is 14.8. The number of nitrogens with two attached hydrogens (primary N) is 1. The van der Waals surface area contributed by atoms with Crippen molar-refractivity contribution in [3.8, 4) is 22.4 Å². The van der Waals surface area contributed by atoms with E-state index in [1.165, 1.54) is 18.5 Å². The smallest absolute Gasteiger partial charge is 0.254 e. The molecule has 4 rings (SSSR count). The van der Waals surface area contributed by atoms with Crippen molar-refractivity contribution in [2.75, 3.05) is 18.8 Å². The number of nitrogens with zero attached hydrogens (tertiary/aromatic N) is 3. The molecule has 0 spiro atoms. The molecule has 0 radical (unpaired) electrons. The first-order chi connectivity index (χ1) is 14.0. The van der Waals surface area contributed by atoms with Gasteiger partial charge in [0.15, 0.2) is 0 Å². The van der Waals surface area contributed by atoms with E-state index in [4.69, 9.17) is 5.73 Å². The number of carbonyl (C=O) groups is 1. The molecular formula is C22H21FN4O2. The highest BCUT2D eigenvalue weighted by Gasteiger charge is 2.25. The summed E-state index contributed by atoms with van der Waals surface area (Å²) in [6.07, 6.45) is 3.77. The molecule has 29 heavy (non-hydrogen) atoms. The van der Waals surface area contributed by atoms with Crippen molar-refractivity contribution in [2.24, 2.45) is 0 Å². The van der Waals surface area contributed by atoms with Crippen LogP contribution in [0.2, 0.25) is 0 Å². The SMILES string of the molecule is Nc1cnc(-c2ccc(-c3ccccc3C(=O)N3CCC[C@H](O)C3)cc2F)cn1. The Balaban J connectivity index is 1.68. The number of rotatable bonds is 3. The molecule has 7 heteroatoms. The third-order valence-corrected chi connectivity index (χ3v) is 5.07. The maximum atomic E-state index is 14.8. The van der Waals surface area contributed by atoms with Gasteiger partial charge in [-0.05, 0) is 42.2 Å². The number of nitrogen functional groups attached to an aromatic ring is 1. The molecule has 2 aromatic carbocycles. The van der Waals surface area contributed by atoms with Crippen LogP contribution in [0.3, 0.4) is 0 Å². The number of likely N-dealkylation sites (tertiary alicyclic amines) is 1. The number of β-amino-alcohol motifs (C(OH)–C–C–N with tert-alkyl or cyclic N) is 1. The summed E-state index contributed by atoms with van der Waals surface area (Å²) in [7, 11) is 0. The second-order valence-electron chi connectivity index (χ2n) is 7.11. The minimum Gasteiger partial charge on any atom is -0.391 e. The van der Waals surface area contributed by atoms with Gasteiger partial charge in [-0.15, -0.1) is 0 Å². The molecule has 1 aliphatic heterocycles. The van der Waals surface area contributed by atoms with E-state index in [2.05, 4.69) is 9.97 Å². The van der Waals surface area contributed by atoms with Crippen molar-refractivity contribution in [2.45, 2.75) is 18.9 Å². The van der Waals surface area contributed by atoms with Crippen LogP contribution in [0.5, 0.6) is 0 Å². The summed E-state index contributed by atoms with van der Waals surface area (Å²) in [5, 5.41) is 9.89. The van der Waals surface area contributed by atoms with Gasteiger partial charge in [-0.3, -0.25) is 9.78 Å². The number of aromatic nitrogens is 2. The fourth-order valence-corrected chi connectivity index (χ4v) is 3.60. The summed E-state index contributed by atoms with van der Waals surface area (Å²) in [5.74, 6) is -0.355. The molecule has 2 heterocycles. The van der Waals surface area contributed by atoms with Gasteiger partial charge in [0, 0.05) is 24.2 Å². The predicted molar refractivity (Wildman–Crippen MR) is 108 cm³/mol. The molecule has 3 aromatic rings. The number of carbonyl (C=O) groups excluding carboxylic acids is 1. The van der Waals surface area contributed by atoms with Crippen LogP contribution in [0.15, 0.2) is 54.9 Å². The summed E-state index contributed by atoms with van der Waals surface area (Å²) < 4.78 is 14.8. The topological polar surface area (TPSA) is 92.3 Å². The van der Waals surface area contributed by atoms with Gasteiger partial charge in [0.2, 0.25) is 0 Å². The van der Waals surface area contributed by atoms with Crippen molar-refractivity contribution in [3.63, 3.8) is 0 Å². The summed E-state index contributed by atoms with van der Waals surface area (Å²) >= 11 is 0. The zero-order chi connectivity index (χ0) is 20.4. The molecule has 0 saturated carbocycles. The Morgan fingerprint density at radius 3 is 2.69 bits per heavy atom. The minimum absolute atomic E-state index is 0.159. The molecule has 0 unspecified atom stereocenters. The van der Waals surface area contributed by atoms with Gasteiger partial charge in [0.1, 0.15) is 11.6 Å². The monoisotopic (exact) mass is 392 g/mol. The van der Waals surface area contributed by atoms with Crippen LogP contribution in [0.1, 0.15) is 23.2 Å². The summed E-state index contributed by atoms with van der Waals surface area (Å²) in [4.78, 5) is 22.8. The Labute approximate surface area is 167 Å². The van der Waals surface area contributed by atoms with E-state index in [9.17, 15) is 14.3 Å². The number of aliphatic hydroxyl groups is 1. The van der Waals surface area contributed by atoms with Gasteiger partial charge in [0.05, 0.1) is 24.2 Å². The lowest BCUT2D eigenvalue weighted by Crippen LogP contribution is -2.42. The Morgan fingerprint density at radius 1 is 1.14 bits per heavy atom. The van der Waals surface area contributed by atoms with Gasteiger partial charge in [-0.2, -0.15) is 0 Å². The number of aliphatic hydroxyl groups excluding tert-OH is 1. The Hall–Kier alpha value is -3.32. The highest BCUT2D eigenvalue weighted by atomic mass is 19.1. The first-order valence-electron chi connectivity index (χ1n) is 9.47. The summed E-state index contributed by atoms with van der Waals surface area (Å²) in [5.41, 5.74) is 7.96. The molecule has 6 nitrogen and oxygen atoms in total. The molecule has 1 saturated heterocycles. The van der Waals surface area contributed by atoms with Crippen LogP contribution in [0, 0.1) is 5.82 Å². The lowest BCUT2D eigenvalue weighted by molar-refractivity contribution is 0.0474. The van der Waals surface area contributed by atoms with E-state index < -0.39 is 11.9 Å². The Kier molecular flexibility index (Phi) is 5.22. The molecule has 1 atom stereocenters. The highest BCUT2D eigenvalue weighted by Crippen LogP contribution is 2.30. The van der Waals surface area contributed by atoms with E-state index in [1.54, 1.807) is 35.2 Å². The summed E-state index contributed by atoms with van der Waals surface area (Å²) in [6.45, 7) is 0.920. The van der Waals surface area contributed by atoms with E-state index in [0.717, 1.165) is 6.42 Å². The maximum Gasteiger partial charge on any atom is 0.254 e. The van der Waals surface area contributed by atoms with E-state index in [0.29, 0.717) is 47.5 Å². The van der Waals surface area contributed by atoms with Crippen LogP contribution < -0.4 is 5.73 Å². The molecule has 0 aliphatic carbocycles. The molecule has 0 bridgehead atoms. The standard InChI is InChI=1S/C22H21FN4O2/c23-19-10-14(7-8-18(19)20-11-26-21(24)12-25-20)16-5-1-2-6-17(16)22(29)27-9-3-4-15(28)13-27/h1-2,5-8,10-12,15,28H,3-4,9,13H2,(H2,24,26)/t15-/m0/s1. The first-order valence-corrected chi connectivity index (χ1v) is 9.47. The molecule has 1 aliphatic rings. The molecule has 1 aromatic heterocycles. The van der Waals surface area contributed by atoms with Gasteiger partial charge in [0.25, 0.3) is 5.91 Å². The van der Waals surface area contributed by atoms with Crippen molar-refractivity contribution in [1.29, 1.82) is 0 Å². The van der Waals surface area contributed by atoms with Gasteiger partial charge >= 0.3 is 0 Å². The first kappa shape index (κ1) is 19.0.